The number of likely N-dealkylation sites (tertiary alicyclic amines) is 1. The van der Waals surface area contributed by atoms with E-state index in [1.54, 1.807) is 0 Å². The summed E-state index contributed by atoms with van der Waals surface area (Å²) >= 11 is 0. The molecule has 6 nitrogen and oxygen atoms in total. The molecule has 6 heteroatoms. The summed E-state index contributed by atoms with van der Waals surface area (Å²) in [6.07, 6.45) is 10.7. The third-order valence-corrected chi connectivity index (χ3v) is 6.56. The first-order chi connectivity index (χ1) is 15.7. The Morgan fingerprint density at radius 2 is 1.50 bits per heavy atom. The molecule has 1 N–H and O–H groups in total. The Morgan fingerprint density at radius 3 is 2.22 bits per heavy atom. The molecule has 2 aliphatic heterocycles. The predicted octanol–water partition coefficient (Wildman–Crippen LogP) is 3.55. The van der Waals surface area contributed by atoms with E-state index < -0.39 is 5.63 Å². The third-order valence-electron chi connectivity index (χ3n) is 6.56. The molecular formula is C26H35N3O3. The van der Waals surface area contributed by atoms with Gasteiger partial charge in [0.2, 0.25) is 0 Å². The van der Waals surface area contributed by atoms with Gasteiger partial charge in [-0.25, -0.2) is 4.79 Å². The van der Waals surface area contributed by atoms with Crippen molar-refractivity contribution >= 4 is 6.08 Å². The van der Waals surface area contributed by atoms with Crippen molar-refractivity contribution in [2.45, 2.75) is 38.8 Å². The van der Waals surface area contributed by atoms with Crippen LogP contribution in [-0.4, -0.2) is 65.6 Å². The number of hydrogen-bond donors (Lipinski definition) is 1. The summed E-state index contributed by atoms with van der Waals surface area (Å²) in [5, 5.41) is 10.8. The molecule has 1 aromatic heterocycles. The van der Waals surface area contributed by atoms with Crippen molar-refractivity contribution in [3.63, 3.8) is 0 Å². The molecule has 0 amide bonds. The molecule has 2 saturated heterocycles. The van der Waals surface area contributed by atoms with Gasteiger partial charge in [-0.05, 0) is 31.5 Å². The predicted molar refractivity (Wildman–Crippen MR) is 128 cm³/mol. The molecule has 4 rings (SSSR count). The summed E-state index contributed by atoms with van der Waals surface area (Å²) in [6.45, 7) is 7.70. The van der Waals surface area contributed by atoms with Crippen molar-refractivity contribution < 1.29 is 9.52 Å². The van der Waals surface area contributed by atoms with Crippen LogP contribution < -0.4 is 5.63 Å². The number of benzene rings is 1. The molecule has 172 valence electrons. The van der Waals surface area contributed by atoms with Crippen LogP contribution in [0.2, 0.25) is 0 Å². The molecule has 0 saturated carbocycles. The van der Waals surface area contributed by atoms with Crippen LogP contribution in [0.1, 0.15) is 42.4 Å². The molecule has 0 radical (unpaired) electrons. The Hall–Kier alpha value is -2.41. The van der Waals surface area contributed by atoms with Crippen molar-refractivity contribution in [3.05, 3.63) is 69.8 Å². The summed E-state index contributed by atoms with van der Waals surface area (Å²) in [5.74, 6) is 0.124. The fraction of sp³-hybridized carbons (Fsp3) is 0.500. The van der Waals surface area contributed by atoms with Gasteiger partial charge in [0.15, 0.2) is 0 Å². The van der Waals surface area contributed by atoms with Gasteiger partial charge in [-0.2, -0.15) is 0 Å². The summed E-state index contributed by atoms with van der Waals surface area (Å²) in [7, 11) is 0. The molecule has 0 aliphatic carbocycles. The molecule has 0 bridgehead atoms. The fourth-order valence-electron chi connectivity index (χ4n) is 4.58. The van der Waals surface area contributed by atoms with Crippen molar-refractivity contribution in [1.82, 2.24) is 14.7 Å². The van der Waals surface area contributed by atoms with E-state index in [2.05, 4.69) is 39.0 Å². The van der Waals surface area contributed by atoms with Crippen LogP contribution in [-0.2, 0) is 13.1 Å². The zero-order chi connectivity index (χ0) is 22.2. The first-order valence-corrected chi connectivity index (χ1v) is 11.9. The third kappa shape index (κ3) is 6.31. The normalized spacial score (nSPS) is 19.4. The van der Waals surface area contributed by atoms with Crippen LogP contribution in [0.15, 0.2) is 51.9 Å². The topological polar surface area (TPSA) is 60.2 Å². The van der Waals surface area contributed by atoms with Gasteiger partial charge >= 0.3 is 5.63 Å². The van der Waals surface area contributed by atoms with E-state index in [0.717, 1.165) is 51.4 Å². The van der Waals surface area contributed by atoms with E-state index in [1.165, 1.54) is 37.5 Å². The maximum atomic E-state index is 12.4. The van der Waals surface area contributed by atoms with Crippen LogP contribution in [0.5, 0.6) is 5.75 Å². The number of piperazine rings is 1. The molecule has 1 aromatic carbocycles. The molecule has 2 aromatic rings. The van der Waals surface area contributed by atoms with Gasteiger partial charge in [0.05, 0.1) is 5.56 Å². The molecule has 0 spiro atoms. The minimum atomic E-state index is -0.421. The Bertz CT molecular complexity index is 925. The first kappa shape index (κ1) is 22.8. The van der Waals surface area contributed by atoms with Crippen molar-refractivity contribution in [2.24, 2.45) is 0 Å². The van der Waals surface area contributed by atoms with Crippen molar-refractivity contribution in [3.8, 4) is 5.75 Å². The van der Waals surface area contributed by atoms with Gasteiger partial charge in [-0.3, -0.25) is 14.7 Å². The van der Waals surface area contributed by atoms with E-state index >= 15 is 0 Å². The standard InChI is InChI=1S/C26H35N3O3/c30-25-23(19-28-12-6-1-2-7-13-28)21-32-26(31)24(25)20-29-17-15-27(16-18-29)14-8-11-22-9-4-3-5-10-22/h3-5,8-11,21,30H,1-2,6-7,12-20H2/b11-8+. The van der Waals surface area contributed by atoms with Crippen molar-refractivity contribution in [2.75, 3.05) is 45.8 Å². The first-order valence-electron chi connectivity index (χ1n) is 11.9. The smallest absolute Gasteiger partial charge is 0.343 e. The lowest BCUT2D eigenvalue weighted by atomic mass is 10.1. The van der Waals surface area contributed by atoms with E-state index in [9.17, 15) is 9.90 Å². The van der Waals surface area contributed by atoms with Crippen molar-refractivity contribution in [1.29, 1.82) is 0 Å². The zero-order valence-corrected chi connectivity index (χ0v) is 18.9. The quantitative estimate of drug-likeness (QED) is 0.715. The van der Waals surface area contributed by atoms with E-state index in [4.69, 9.17) is 4.42 Å². The summed E-state index contributed by atoms with van der Waals surface area (Å²) in [6, 6.07) is 10.3. The van der Waals surface area contributed by atoms with Gasteiger partial charge in [0.25, 0.3) is 0 Å². The molecule has 2 fully saturated rings. The summed E-state index contributed by atoms with van der Waals surface area (Å²) in [4.78, 5) is 19.4. The molecule has 0 unspecified atom stereocenters. The molecule has 3 heterocycles. The number of rotatable bonds is 7. The summed E-state index contributed by atoms with van der Waals surface area (Å²) < 4.78 is 5.31. The molecule has 0 atom stereocenters. The Labute approximate surface area is 190 Å². The SMILES string of the molecule is O=c1occ(CN2CCCCCC2)c(O)c1CN1CCN(C/C=C/c2ccccc2)CC1. The maximum Gasteiger partial charge on any atom is 0.343 e. The lowest BCUT2D eigenvalue weighted by Gasteiger charge is -2.34. The van der Waals surface area contributed by atoms with Gasteiger partial charge in [-0.1, -0.05) is 55.3 Å². The second-order valence-corrected chi connectivity index (χ2v) is 8.96. The number of hydrogen-bond acceptors (Lipinski definition) is 6. The van der Waals surface area contributed by atoms with Crippen LogP contribution in [0.3, 0.4) is 0 Å². The lowest BCUT2D eigenvalue weighted by molar-refractivity contribution is 0.134. The Morgan fingerprint density at radius 1 is 0.844 bits per heavy atom. The second-order valence-electron chi connectivity index (χ2n) is 8.96. The van der Waals surface area contributed by atoms with Gasteiger partial charge in [0.1, 0.15) is 12.0 Å². The highest BCUT2D eigenvalue weighted by Crippen LogP contribution is 2.24. The molecule has 2 aliphatic rings. The highest BCUT2D eigenvalue weighted by atomic mass is 16.4. The number of aromatic hydroxyl groups is 1. The summed E-state index contributed by atoms with van der Waals surface area (Å²) in [5.41, 5.74) is 1.92. The highest BCUT2D eigenvalue weighted by molar-refractivity contribution is 5.48. The van der Waals surface area contributed by atoms with Crippen LogP contribution in [0.4, 0.5) is 0 Å². The monoisotopic (exact) mass is 437 g/mol. The van der Waals surface area contributed by atoms with Gasteiger partial charge in [-0.15, -0.1) is 0 Å². The Balaban J connectivity index is 1.30. The van der Waals surface area contributed by atoms with E-state index in [-0.39, 0.29) is 5.75 Å². The van der Waals surface area contributed by atoms with Crippen LogP contribution >= 0.6 is 0 Å². The van der Waals surface area contributed by atoms with E-state index in [0.29, 0.717) is 18.7 Å². The minimum Gasteiger partial charge on any atom is -0.507 e. The second kappa shape index (κ2) is 11.5. The van der Waals surface area contributed by atoms with Gasteiger partial charge in [0, 0.05) is 51.4 Å². The Kier molecular flexibility index (Phi) is 8.15. The fourth-order valence-corrected chi connectivity index (χ4v) is 4.58. The zero-order valence-electron chi connectivity index (χ0n) is 18.9. The maximum absolute atomic E-state index is 12.4. The largest absolute Gasteiger partial charge is 0.507 e. The molecular weight excluding hydrogens is 402 g/mol. The average Bonchev–Trinajstić information content (AvgIpc) is 3.09. The average molecular weight is 438 g/mol. The molecule has 32 heavy (non-hydrogen) atoms. The highest BCUT2D eigenvalue weighted by Gasteiger charge is 2.22. The lowest BCUT2D eigenvalue weighted by Crippen LogP contribution is -2.46. The minimum absolute atomic E-state index is 0.124. The van der Waals surface area contributed by atoms with Crippen LogP contribution in [0.25, 0.3) is 6.08 Å². The van der Waals surface area contributed by atoms with Crippen LogP contribution in [0, 0.1) is 0 Å². The van der Waals surface area contributed by atoms with Gasteiger partial charge < -0.3 is 9.52 Å². The number of nitrogens with zero attached hydrogens (tertiary/aromatic N) is 3. The van der Waals surface area contributed by atoms with E-state index in [1.807, 2.05) is 18.2 Å².